The van der Waals surface area contributed by atoms with Crippen molar-refractivity contribution in [2.75, 3.05) is 0 Å². The van der Waals surface area contributed by atoms with E-state index in [1.54, 1.807) is 102 Å². The van der Waals surface area contributed by atoms with E-state index >= 15 is 13.6 Å². The van der Waals surface area contributed by atoms with Gasteiger partial charge in [-0.3, -0.25) is 23.0 Å². The number of carbonyl (C=O) groups excluding carboxylic acids is 1. The molecule has 0 aliphatic rings. The maximum absolute atomic E-state index is 16.4. The number of ketones is 1. The first-order chi connectivity index (χ1) is 27.4. The lowest BCUT2D eigenvalue weighted by atomic mass is 9.62. The van der Waals surface area contributed by atoms with Crippen LogP contribution in [0, 0.1) is 10.8 Å². The Bertz CT molecular complexity index is 2170. The van der Waals surface area contributed by atoms with E-state index in [4.69, 9.17) is 9.05 Å². The summed E-state index contributed by atoms with van der Waals surface area (Å²) in [4.78, 5) is 15.1. The van der Waals surface area contributed by atoms with Gasteiger partial charge in [-0.05, 0) is 103 Å². The molecule has 0 aliphatic heterocycles. The summed E-state index contributed by atoms with van der Waals surface area (Å²) in [5.74, 6) is -0.259. The number of hydrogen-bond acceptors (Lipinski definition) is 7. The van der Waals surface area contributed by atoms with Gasteiger partial charge in [-0.25, -0.2) is 0 Å². The maximum Gasteiger partial charge on any atom is 0.405 e. The summed E-state index contributed by atoms with van der Waals surface area (Å²) in [6.45, 7) is 19.3. The Hall–Kier alpha value is -2.95. The minimum absolute atomic E-state index is 0.0269. The zero-order chi connectivity index (χ0) is 45.4. The molecule has 0 N–H and O–H groups in total. The molecule has 60 heavy (non-hydrogen) atoms. The normalized spacial score (nSPS) is 14.8. The standard InChI is InChI=1S/C46H57BrF4O7P2/c1-40(2,3)45(41(4,5)6,59(53,57-50)58-51)37-28-25-33(29-38(37)47)31-44(35-21-17-14-18-22-35,39(52)34-19-15-13-16-20-34)30-32-23-26-36(27-24-32)46(48,49)60(54,55-42(7,8)9)56-43(10,11)12/h13-29H,30-31H2,1-12H3. The molecule has 1 unspecified atom stereocenters. The third kappa shape index (κ3) is 9.81. The summed E-state index contributed by atoms with van der Waals surface area (Å²) in [6.07, 6.45) is 0.0869. The molecule has 7 nitrogen and oxygen atoms in total. The molecule has 1 atom stereocenters. The minimum atomic E-state index is -5.17. The predicted octanol–water partition coefficient (Wildman–Crippen LogP) is 15.2. The van der Waals surface area contributed by atoms with E-state index in [2.05, 4.69) is 25.4 Å². The van der Waals surface area contributed by atoms with Crippen LogP contribution in [0.25, 0.3) is 0 Å². The Morgan fingerprint density at radius 1 is 0.583 bits per heavy atom. The topological polar surface area (TPSA) is 88.1 Å². The van der Waals surface area contributed by atoms with Crippen LogP contribution in [-0.4, -0.2) is 17.0 Å². The van der Waals surface area contributed by atoms with E-state index in [1.165, 1.54) is 65.8 Å². The van der Waals surface area contributed by atoms with E-state index in [-0.39, 0.29) is 24.2 Å². The molecule has 0 saturated heterocycles. The van der Waals surface area contributed by atoms with Crippen molar-refractivity contribution in [3.8, 4) is 0 Å². The molecule has 0 fully saturated rings. The second kappa shape index (κ2) is 17.7. The number of alkyl halides is 2. The monoisotopic (exact) mass is 938 g/mol. The second-order valence-electron chi connectivity index (χ2n) is 19.3. The van der Waals surface area contributed by atoms with Gasteiger partial charge in [0.05, 0.1) is 16.6 Å². The summed E-state index contributed by atoms with van der Waals surface area (Å²) < 4.78 is 109. The lowest BCUT2D eigenvalue weighted by Crippen LogP contribution is -2.50. The van der Waals surface area contributed by atoms with Gasteiger partial charge in [-0.15, -0.1) is 9.46 Å². The molecule has 0 amide bonds. The molecule has 4 rings (SSSR count). The fourth-order valence-corrected chi connectivity index (χ4v) is 14.1. The highest BCUT2D eigenvalue weighted by molar-refractivity contribution is 9.10. The molecule has 0 heterocycles. The number of Topliss-reactive ketones (excluding diaryl/α,β-unsaturated/α-hetero) is 1. The maximum atomic E-state index is 16.4. The van der Waals surface area contributed by atoms with Crippen LogP contribution in [0.5, 0.6) is 0 Å². The third-order valence-corrected chi connectivity index (χ3v) is 16.4. The number of halogens is 5. The zero-order valence-electron chi connectivity index (χ0n) is 36.4. The molecule has 0 bridgehead atoms. The van der Waals surface area contributed by atoms with Crippen LogP contribution in [0.4, 0.5) is 17.8 Å². The summed E-state index contributed by atoms with van der Waals surface area (Å²) in [7, 11) is -10.3. The van der Waals surface area contributed by atoms with Gasteiger partial charge < -0.3 is 0 Å². The van der Waals surface area contributed by atoms with Crippen molar-refractivity contribution in [1.82, 2.24) is 0 Å². The Morgan fingerprint density at radius 3 is 1.43 bits per heavy atom. The quantitative estimate of drug-likeness (QED) is 0.0666. The van der Waals surface area contributed by atoms with Crippen LogP contribution in [0.3, 0.4) is 0 Å². The first kappa shape index (κ1) is 49.7. The number of hydrogen-bond donors (Lipinski definition) is 0. The molecule has 4 aromatic carbocycles. The van der Waals surface area contributed by atoms with Gasteiger partial charge in [0, 0.05) is 15.6 Å². The molecule has 0 radical (unpaired) electrons. The average Bonchev–Trinajstić information content (AvgIpc) is 3.13. The highest BCUT2D eigenvalue weighted by Gasteiger charge is 2.68. The first-order valence-electron chi connectivity index (χ1n) is 19.6. The fourth-order valence-electron chi connectivity index (χ4n) is 8.69. The molecule has 4 aromatic rings. The fraction of sp³-hybridized carbons (Fsp3) is 0.457. The predicted molar refractivity (Wildman–Crippen MR) is 233 cm³/mol. The Morgan fingerprint density at radius 2 is 1.02 bits per heavy atom. The molecular formula is C46H57BrF4O7P2. The van der Waals surface area contributed by atoms with Gasteiger partial charge in [-0.2, -0.15) is 8.78 Å². The van der Waals surface area contributed by atoms with E-state index in [0.29, 0.717) is 26.7 Å². The smallest absolute Gasteiger partial charge is 0.298 e. The van der Waals surface area contributed by atoms with Crippen LogP contribution in [0.15, 0.2) is 108 Å². The summed E-state index contributed by atoms with van der Waals surface area (Å²) in [6, 6.07) is 28.1. The van der Waals surface area contributed by atoms with Gasteiger partial charge >= 0.3 is 20.9 Å². The van der Waals surface area contributed by atoms with Gasteiger partial charge in [0.15, 0.2) is 5.78 Å². The summed E-state index contributed by atoms with van der Waals surface area (Å²) in [5.41, 5.74) is -8.27. The Balaban J connectivity index is 1.96. The highest BCUT2D eigenvalue weighted by atomic mass is 79.9. The van der Waals surface area contributed by atoms with Crippen molar-refractivity contribution >= 4 is 36.9 Å². The van der Waals surface area contributed by atoms with Crippen LogP contribution >= 0.6 is 31.1 Å². The van der Waals surface area contributed by atoms with E-state index < -0.39 is 59.0 Å². The number of rotatable bonds is 15. The van der Waals surface area contributed by atoms with Crippen molar-refractivity contribution in [2.24, 2.45) is 10.8 Å². The third-order valence-electron chi connectivity index (χ3n) is 10.4. The van der Waals surface area contributed by atoms with Crippen molar-refractivity contribution in [1.29, 1.82) is 0 Å². The van der Waals surface area contributed by atoms with E-state index in [1.807, 2.05) is 18.2 Å². The molecule has 328 valence electrons. The van der Waals surface area contributed by atoms with Gasteiger partial charge in [0.2, 0.25) is 0 Å². The molecule has 0 spiro atoms. The average molecular weight is 940 g/mol. The minimum Gasteiger partial charge on any atom is -0.298 e. The van der Waals surface area contributed by atoms with E-state index in [0.717, 1.165) is 0 Å². The van der Waals surface area contributed by atoms with Crippen LogP contribution < -0.4 is 0 Å². The van der Waals surface area contributed by atoms with Gasteiger partial charge in [-0.1, -0.05) is 155 Å². The van der Waals surface area contributed by atoms with Crippen molar-refractivity contribution in [3.63, 3.8) is 0 Å². The number of benzene rings is 4. The largest absolute Gasteiger partial charge is 0.405 e. The second-order valence-corrected chi connectivity index (χ2v) is 24.0. The Labute approximate surface area is 361 Å². The number of carbonyl (C=O) groups is 1. The molecule has 0 aliphatic carbocycles. The Kier molecular flexibility index (Phi) is 14.6. The van der Waals surface area contributed by atoms with Crippen molar-refractivity contribution < 1.29 is 50.3 Å². The molecule has 0 saturated carbocycles. The van der Waals surface area contributed by atoms with Gasteiger partial charge in [0.25, 0.3) is 0 Å². The van der Waals surface area contributed by atoms with Crippen LogP contribution in [-0.2, 0) is 56.7 Å². The first-order valence-corrected chi connectivity index (χ1v) is 23.5. The SMILES string of the molecule is CC(C)(C)OP(=O)(OC(C)(C)C)C(F)(F)c1ccc(CC(Cc2ccc(C(C(C)(C)C)(C(C)(C)C)P(=O)(OF)OF)c(Br)c2)(C(=O)c2ccccc2)c2ccccc2)cc1. The molecule has 0 aromatic heterocycles. The van der Waals surface area contributed by atoms with Crippen LogP contribution in [0.2, 0.25) is 0 Å². The lowest BCUT2D eigenvalue weighted by molar-refractivity contribution is -0.110. The van der Waals surface area contributed by atoms with Crippen molar-refractivity contribution in [3.05, 3.63) is 141 Å². The highest BCUT2D eigenvalue weighted by Crippen LogP contribution is 2.78. The lowest BCUT2D eigenvalue weighted by Gasteiger charge is -2.53. The summed E-state index contributed by atoms with van der Waals surface area (Å²) in [5, 5.41) is -1.89. The van der Waals surface area contributed by atoms with Crippen molar-refractivity contribution in [2.45, 2.75) is 123 Å². The molecular weight excluding hydrogens is 882 g/mol. The summed E-state index contributed by atoms with van der Waals surface area (Å²) >= 11 is 3.63. The zero-order valence-corrected chi connectivity index (χ0v) is 39.7. The molecule has 14 heteroatoms. The van der Waals surface area contributed by atoms with Gasteiger partial charge in [0.1, 0.15) is 5.16 Å². The van der Waals surface area contributed by atoms with E-state index in [9.17, 15) is 18.2 Å². The van der Waals surface area contributed by atoms with Crippen LogP contribution in [0.1, 0.15) is 121 Å².